The van der Waals surface area contributed by atoms with Crippen molar-refractivity contribution in [1.29, 1.82) is 0 Å². The van der Waals surface area contributed by atoms with E-state index >= 15 is 0 Å². The molecule has 1 aliphatic heterocycles. The van der Waals surface area contributed by atoms with Crippen LogP contribution in [0.5, 0.6) is 0 Å². The smallest absolute Gasteiger partial charge is 0.324 e. The van der Waals surface area contributed by atoms with Gasteiger partial charge in [-0.15, -0.1) is 0 Å². The van der Waals surface area contributed by atoms with E-state index in [-0.39, 0.29) is 12.3 Å². The van der Waals surface area contributed by atoms with E-state index in [0.717, 1.165) is 0 Å². The number of nitrogens with zero attached hydrogens (tertiary/aromatic N) is 1. The zero-order valence-electron chi connectivity index (χ0n) is 12.4. The van der Waals surface area contributed by atoms with Crippen molar-refractivity contribution in [3.8, 4) is 0 Å². The monoisotopic (exact) mass is 299 g/mol. The van der Waals surface area contributed by atoms with Crippen LogP contribution >= 0.6 is 0 Å². The maximum Gasteiger partial charge on any atom is 0.324 e. The van der Waals surface area contributed by atoms with E-state index < -0.39 is 29.4 Å². The zero-order chi connectivity index (χ0) is 16.2. The van der Waals surface area contributed by atoms with Gasteiger partial charge in [0.1, 0.15) is 6.04 Å². The molecule has 118 valence electrons. The van der Waals surface area contributed by atoms with Gasteiger partial charge in [-0.3, -0.25) is 19.7 Å². The van der Waals surface area contributed by atoms with E-state index in [1.54, 1.807) is 6.92 Å². The van der Waals surface area contributed by atoms with Crippen molar-refractivity contribution in [2.24, 2.45) is 5.41 Å². The van der Waals surface area contributed by atoms with Gasteiger partial charge in [-0.2, -0.15) is 0 Å². The van der Waals surface area contributed by atoms with E-state index in [4.69, 9.17) is 5.11 Å². The average Bonchev–Trinajstić information content (AvgIpc) is 2.37. The second kappa shape index (κ2) is 6.55. The molecule has 0 spiro atoms. The summed E-state index contributed by atoms with van der Waals surface area (Å²) in [7, 11) is 0. The Bertz CT molecular complexity index is 461. The van der Waals surface area contributed by atoms with Crippen LogP contribution in [0.4, 0.5) is 4.79 Å². The number of hydrogen-bond donors (Lipinski definition) is 3. The Hall–Kier alpha value is -2.12. The van der Waals surface area contributed by atoms with Crippen LogP contribution in [0, 0.1) is 5.41 Å². The van der Waals surface area contributed by atoms with Crippen molar-refractivity contribution in [3.05, 3.63) is 0 Å². The third-order valence-corrected chi connectivity index (χ3v) is 3.41. The Balaban J connectivity index is 2.65. The number of carbonyl (C=O) groups excluding carboxylic acids is 3. The average molecular weight is 299 g/mol. The third kappa shape index (κ3) is 4.17. The van der Waals surface area contributed by atoms with E-state index in [0.29, 0.717) is 19.5 Å². The molecule has 8 heteroatoms. The number of amides is 4. The van der Waals surface area contributed by atoms with Crippen LogP contribution in [-0.2, 0) is 14.4 Å². The molecule has 4 amide bonds. The van der Waals surface area contributed by atoms with Crippen molar-refractivity contribution in [2.75, 3.05) is 13.1 Å². The number of nitrogens with one attached hydrogen (secondary N) is 2. The minimum absolute atomic E-state index is 0.253. The van der Waals surface area contributed by atoms with Crippen LogP contribution in [0.3, 0.4) is 0 Å². The molecule has 0 saturated carbocycles. The Morgan fingerprint density at radius 1 is 1.43 bits per heavy atom. The normalized spacial score (nSPS) is 18.9. The first kappa shape index (κ1) is 16.9. The number of aliphatic carboxylic acids is 1. The van der Waals surface area contributed by atoms with Gasteiger partial charge in [0.2, 0.25) is 11.8 Å². The predicted octanol–water partition coefficient (Wildman–Crippen LogP) is -0.0661. The molecule has 1 aliphatic rings. The fourth-order valence-corrected chi connectivity index (χ4v) is 2.08. The number of hydrogen-bond acceptors (Lipinski definition) is 4. The first-order chi connectivity index (χ1) is 9.69. The standard InChI is InChI=1S/C13H21N3O5/c1-4-8-10(18)14-5-6-16(8)12(21)15-9(17)7-13(2,3)11(19)20/h8H,4-7H2,1-3H3,(H,14,18)(H,19,20)(H,15,17,21). The molecule has 1 atom stereocenters. The summed E-state index contributed by atoms with van der Waals surface area (Å²) < 4.78 is 0. The van der Waals surface area contributed by atoms with Crippen LogP contribution in [0.15, 0.2) is 0 Å². The highest BCUT2D eigenvalue weighted by molar-refractivity contribution is 5.98. The lowest BCUT2D eigenvalue weighted by atomic mass is 9.89. The highest BCUT2D eigenvalue weighted by Gasteiger charge is 2.34. The molecule has 1 rings (SSSR count). The molecular weight excluding hydrogens is 278 g/mol. The van der Waals surface area contributed by atoms with Gasteiger partial charge in [-0.1, -0.05) is 6.92 Å². The predicted molar refractivity (Wildman–Crippen MR) is 73.4 cm³/mol. The highest BCUT2D eigenvalue weighted by Crippen LogP contribution is 2.20. The first-order valence-electron chi connectivity index (χ1n) is 6.80. The summed E-state index contributed by atoms with van der Waals surface area (Å²) in [6, 6.07) is -1.28. The van der Waals surface area contributed by atoms with Crippen LogP contribution in [0.2, 0.25) is 0 Å². The molecule has 0 aliphatic carbocycles. The van der Waals surface area contributed by atoms with Gasteiger partial charge in [-0.05, 0) is 20.3 Å². The van der Waals surface area contributed by atoms with Gasteiger partial charge < -0.3 is 15.3 Å². The number of urea groups is 1. The Morgan fingerprint density at radius 2 is 2.05 bits per heavy atom. The number of imide groups is 1. The summed E-state index contributed by atoms with van der Waals surface area (Å²) in [5, 5.41) is 13.8. The minimum atomic E-state index is -1.26. The molecule has 3 N–H and O–H groups in total. The van der Waals surface area contributed by atoms with Gasteiger partial charge in [-0.25, -0.2) is 4.79 Å². The van der Waals surface area contributed by atoms with Gasteiger partial charge in [0.15, 0.2) is 0 Å². The molecule has 1 saturated heterocycles. The fraction of sp³-hybridized carbons (Fsp3) is 0.692. The molecule has 1 heterocycles. The fourth-order valence-electron chi connectivity index (χ4n) is 2.08. The summed E-state index contributed by atoms with van der Waals surface area (Å²) in [5.74, 6) is -2.04. The summed E-state index contributed by atoms with van der Waals surface area (Å²) in [6.45, 7) is 5.22. The Morgan fingerprint density at radius 3 is 2.57 bits per heavy atom. The number of rotatable bonds is 4. The summed E-state index contributed by atoms with van der Waals surface area (Å²) in [5.41, 5.74) is -1.26. The van der Waals surface area contributed by atoms with E-state index in [1.165, 1.54) is 18.7 Å². The van der Waals surface area contributed by atoms with E-state index in [9.17, 15) is 19.2 Å². The van der Waals surface area contributed by atoms with Crippen LogP contribution in [0.25, 0.3) is 0 Å². The van der Waals surface area contributed by atoms with Crippen molar-refractivity contribution >= 4 is 23.8 Å². The largest absolute Gasteiger partial charge is 0.481 e. The van der Waals surface area contributed by atoms with Crippen molar-refractivity contribution in [1.82, 2.24) is 15.5 Å². The number of carbonyl (C=O) groups is 4. The third-order valence-electron chi connectivity index (χ3n) is 3.41. The number of piperazine rings is 1. The van der Waals surface area contributed by atoms with E-state index in [2.05, 4.69) is 10.6 Å². The molecule has 21 heavy (non-hydrogen) atoms. The van der Waals surface area contributed by atoms with Gasteiger partial charge in [0.05, 0.1) is 5.41 Å². The molecule has 0 bridgehead atoms. The summed E-state index contributed by atoms with van der Waals surface area (Å²) >= 11 is 0. The summed E-state index contributed by atoms with van der Waals surface area (Å²) in [4.78, 5) is 47.7. The quantitative estimate of drug-likeness (QED) is 0.672. The molecule has 1 fully saturated rings. The lowest BCUT2D eigenvalue weighted by molar-refractivity contribution is -0.149. The van der Waals surface area contributed by atoms with Gasteiger partial charge in [0.25, 0.3) is 0 Å². The maximum atomic E-state index is 12.0. The number of carboxylic acid groups (broad SMARTS) is 1. The zero-order valence-corrected chi connectivity index (χ0v) is 12.4. The maximum absolute atomic E-state index is 12.0. The summed E-state index contributed by atoms with van der Waals surface area (Å²) in [6.07, 6.45) is 0.124. The first-order valence-corrected chi connectivity index (χ1v) is 6.80. The highest BCUT2D eigenvalue weighted by atomic mass is 16.4. The van der Waals surface area contributed by atoms with Crippen molar-refractivity contribution in [2.45, 2.75) is 39.7 Å². The second-order valence-electron chi connectivity index (χ2n) is 5.63. The lowest BCUT2D eigenvalue weighted by Gasteiger charge is -2.34. The molecule has 8 nitrogen and oxygen atoms in total. The molecule has 0 aromatic rings. The Kier molecular flexibility index (Phi) is 5.28. The molecule has 0 aromatic heterocycles. The molecular formula is C13H21N3O5. The van der Waals surface area contributed by atoms with Crippen LogP contribution in [-0.4, -0.2) is 53.0 Å². The van der Waals surface area contributed by atoms with Crippen molar-refractivity contribution in [3.63, 3.8) is 0 Å². The molecule has 1 unspecified atom stereocenters. The SMILES string of the molecule is CCC1C(=O)NCCN1C(=O)NC(=O)CC(C)(C)C(=O)O. The molecule has 0 radical (unpaired) electrons. The van der Waals surface area contributed by atoms with Crippen LogP contribution < -0.4 is 10.6 Å². The topological polar surface area (TPSA) is 116 Å². The molecule has 0 aromatic carbocycles. The Labute approximate surface area is 122 Å². The van der Waals surface area contributed by atoms with Crippen molar-refractivity contribution < 1.29 is 24.3 Å². The van der Waals surface area contributed by atoms with Gasteiger partial charge >= 0.3 is 12.0 Å². The number of carboxylic acids is 1. The van der Waals surface area contributed by atoms with Gasteiger partial charge in [0, 0.05) is 19.5 Å². The van der Waals surface area contributed by atoms with Crippen LogP contribution in [0.1, 0.15) is 33.6 Å². The second-order valence-corrected chi connectivity index (χ2v) is 5.63. The van der Waals surface area contributed by atoms with E-state index in [1.807, 2.05) is 0 Å². The minimum Gasteiger partial charge on any atom is -0.481 e. The lowest BCUT2D eigenvalue weighted by Crippen LogP contribution is -2.59.